The summed E-state index contributed by atoms with van der Waals surface area (Å²) in [5, 5.41) is 2.81. The number of rotatable bonds is 8. The van der Waals surface area contributed by atoms with Crippen molar-refractivity contribution in [2.75, 3.05) is 23.4 Å². The van der Waals surface area contributed by atoms with Crippen LogP contribution in [-0.4, -0.2) is 36.7 Å². The third kappa shape index (κ3) is 5.81. The number of carbonyl (C=O) groups excluding carboxylic acids is 4. The quantitative estimate of drug-likeness (QED) is 0.392. The Bertz CT molecular complexity index is 1220. The Morgan fingerprint density at radius 3 is 2.26 bits per heavy atom. The first-order chi connectivity index (χ1) is 16.9. The number of nitrogens with one attached hydrogen (secondary N) is 1. The summed E-state index contributed by atoms with van der Waals surface area (Å²) < 4.78 is 5.11. The van der Waals surface area contributed by atoms with E-state index in [-0.39, 0.29) is 36.2 Å². The van der Waals surface area contributed by atoms with Gasteiger partial charge >= 0.3 is 5.97 Å². The number of hydrogen-bond acceptors (Lipinski definition) is 5. The van der Waals surface area contributed by atoms with Crippen molar-refractivity contribution >= 4 is 34.9 Å². The highest BCUT2D eigenvalue weighted by Gasteiger charge is 2.35. The van der Waals surface area contributed by atoms with E-state index < -0.39 is 11.9 Å². The molecular weight excluding hydrogens is 444 g/mol. The summed E-state index contributed by atoms with van der Waals surface area (Å²) >= 11 is 0. The molecule has 0 aromatic heterocycles. The van der Waals surface area contributed by atoms with Crippen LogP contribution in [0.25, 0.3) is 0 Å². The van der Waals surface area contributed by atoms with Crippen molar-refractivity contribution in [3.05, 3.63) is 95.6 Å². The molecule has 3 aromatic carbocycles. The van der Waals surface area contributed by atoms with Gasteiger partial charge in [-0.05, 0) is 48.4 Å². The molecule has 1 saturated heterocycles. The fraction of sp³-hybridized carbons (Fsp3) is 0.214. The molecule has 0 spiro atoms. The SMILES string of the molecule is CCc1ccc(N2C[C@@H](C(=O)Nc3ccc(C(=O)OCC(=O)c4ccccc4)cc3)CC2=O)cc1. The molecule has 1 atom stereocenters. The van der Waals surface area contributed by atoms with Crippen LogP contribution >= 0.6 is 0 Å². The first kappa shape index (κ1) is 23.9. The molecule has 0 aliphatic carbocycles. The summed E-state index contributed by atoms with van der Waals surface area (Å²) in [6.07, 6.45) is 1.06. The van der Waals surface area contributed by atoms with Gasteiger partial charge in [-0.25, -0.2) is 4.79 Å². The Kier molecular flexibility index (Phi) is 7.35. The first-order valence-electron chi connectivity index (χ1n) is 11.5. The third-order valence-corrected chi connectivity index (χ3v) is 5.97. The molecule has 0 unspecified atom stereocenters. The zero-order valence-corrected chi connectivity index (χ0v) is 19.4. The van der Waals surface area contributed by atoms with Crippen molar-refractivity contribution in [3.8, 4) is 0 Å². The standard InChI is InChI=1S/C28H26N2O5/c1-2-19-8-14-24(15-9-19)30-17-22(16-26(30)32)27(33)29-23-12-10-21(11-13-23)28(34)35-18-25(31)20-6-4-3-5-7-20/h3-15,22H,2,16-18H2,1H3,(H,29,33)/t22-/m0/s1. The van der Waals surface area contributed by atoms with Crippen molar-refractivity contribution in [2.45, 2.75) is 19.8 Å². The molecule has 0 saturated carbocycles. The Balaban J connectivity index is 1.30. The van der Waals surface area contributed by atoms with Crippen LogP contribution in [0.4, 0.5) is 11.4 Å². The van der Waals surface area contributed by atoms with E-state index in [0.29, 0.717) is 17.8 Å². The van der Waals surface area contributed by atoms with E-state index in [1.165, 1.54) is 17.7 Å². The van der Waals surface area contributed by atoms with Gasteiger partial charge in [0.2, 0.25) is 11.8 Å². The van der Waals surface area contributed by atoms with Gasteiger partial charge < -0.3 is 15.0 Å². The van der Waals surface area contributed by atoms with Gasteiger partial charge in [-0.1, -0.05) is 49.4 Å². The van der Waals surface area contributed by atoms with Gasteiger partial charge in [0.1, 0.15) is 0 Å². The number of anilines is 2. The minimum atomic E-state index is -0.627. The van der Waals surface area contributed by atoms with E-state index in [1.807, 2.05) is 24.3 Å². The van der Waals surface area contributed by atoms with Crippen LogP contribution < -0.4 is 10.2 Å². The smallest absolute Gasteiger partial charge is 0.338 e. The number of amides is 2. The van der Waals surface area contributed by atoms with Gasteiger partial charge in [0.05, 0.1) is 11.5 Å². The Hall–Kier alpha value is -4.26. The van der Waals surface area contributed by atoms with E-state index in [2.05, 4.69) is 12.2 Å². The number of esters is 1. The van der Waals surface area contributed by atoms with Gasteiger partial charge in [-0.15, -0.1) is 0 Å². The topological polar surface area (TPSA) is 92.8 Å². The highest BCUT2D eigenvalue weighted by molar-refractivity contribution is 6.04. The first-order valence-corrected chi connectivity index (χ1v) is 11.5. The fourth-order valence-corrected chi connectivity index (χ4v) is 3.90. The predicted molar refractivity (Wildman–Crippen MR) is 132 cm³/mol. The van der Waals surface area contributed by atoms with Gasteiger partial charge in [0.15, 0.2) is 12.4 Å². The molecule has 7 nitrogen and oxygen atoms in total. The molecule has 1 aliphatic rings. The van der Waals surface area contributed by atoms with E-state index in [4.69, 9.17) is 4.74 Å². The number of ether oxygens (including phenoxy) is 1. The lowest BCUT2D eigenvalue weighted by Gasteiger charge is -2.17. The lowest BCUT2D eigenvalue weighted by Crippen LogP contribution is -2.28. The largest absolute Gasteiger partial charge is 0.454 e. The van der Waals surface area contributed by atoms with E-state index in [0.717, 1.165) is 12.1 Å². The van der Waals surface area contributed by atoms with Crippen LogP contribution in [0.2, 0.25) is 0 Å². The Morgan fingerprint density at radius 2 is 1.60 bits per heavy atom. The van der Waals surface area contributed by atoms with E-state index in [1.54, 1.807) is 47.4 Å². The van der Waals surface area contributed by atoms with Gasteiger partial charge in [-0.3, -0.25) is 14.4 Å². The summed E-state index contributed by atoms with van der Waals surface area (Å²) in [6, 6.07) is 22.6. The van der Waals surface area contributed by atoms with Crippen molar-refractivity contribution in [3.63, 3.8) is 0 Å². The highest BCUT2D eigenvalue weighted by Crippen LogP contribution is 2.26. The molecule has 1 N–H and O–H groups in total. The Labute approximate surface area is 203 Å². The summed E-state index contributed by atoms with van der Waals surface area (Å²) in [7, 11) is 0. The number of ketones is 1. The van der Waals surface area contributed by atoms with Crippen LogP contribution in [-0.2, 0) is 20.7 Å². The van der Waals surface area contributed by atoms with Crippen molar-refractivity contribution < 1.29 is 23.9 Å². The van der Waals surface area contributed by atoms with Crippen LogP contribution in [0.3, 0.4) is 0 Å². The number of nitrogens with zero attached hydrogens (tertiary/aromatic N) is 1. The van der Waals surface area contributed by atoms with Crippen molar-refractivity contribution in [1.82, 2.24) is 0 Å². The molecule has 4 rings (SSSR count). The van der Waals surface area contributed by atoms with Crippen LogP contribution in [0.15, 0.2) is 78.9 Å². The minimum absolute atomic E-state index is 0.0856. The molecule has 2 amide bonds. The molecule has 35 heavy (non-hydrogen) atoms. The number of benzene rings is 3. The number of carbonyl (C=O) groups is 4. The van der Waals surface area contributed by atoms with Gasteiger partial charge in [0.25, 0.3) is 0 Å². The molecular formula is C28H26N2O5. The highest BCUT2D eigenvalue weighted by atomic mass is 16.5. The number of Topliss-reactive ketones (excluding diaryl/α,β-unsaturated/α-hetero) is 1. The van der Waals surface area contributed by atoms with Crippen LogP contribution in [0.1, 0.15) is 39.6 Å². The second-order valence-electron chi connectivity index (χ2n) is 8.36. The molecule has 1 aliphatic heterocycles. The normalized spacial score (nSPS) is 15.1. The van der Waals surface area contributed by atoms with Gasteiger partial charge in [-0.2, -0.15) is 0 Å². The predicted octanol–water partition coefficient (Wildman–Crippen LogP) is 4.28. The van der Waals surface area contributed by atoms with Crippen molar-refractivity contribution in [1.29, 1.82) is 0 Å². The lowest BCUT2D eigenvalue weighted by atomic mass is 10.1. The molecule has 0 bridgehead atoms. The average molecular weight is 471 g/mol. The van der Waals surface area contributed by atoms with Gasteiger partial charge in [0, 0.05) is 29.9 Å². The van der Waals surface area contributed by atoms with Crippen LogP contribution in [0.5, 0.6) is 0 Å². The summed E-state index contributed by atoms with van der Waals surface area (Å²) in [5.41, 5.74) is 3.22. The Morgan fingerprint density at radius 1 is 0.914 bits per heavy atom. The third-order valence-electron chi connectivity index (χ3n) is 5.97. The molecule has 1 fully saturated rings. The maximum atomic E-state index is 12.7. The zero-order valence-electron chi connectivity index (χ0n) is 19.4. The molecule has 7 heteroatoms. The second kappa shape index (κ2) is 10.8. The summed E-state index contributed by atoms with van der Waals surface area (Å²) in [5.74, 6) is -1.73. The number of hydrogen-bond donors (Lipinski definition) is 1. The molecule has 3 aromatic rings. The maximum Gasteiger partial charge on any atom is 0.338 e. The van der Waals surface area contributed by atoms with Crippen molar-refractivity contribution in [2.24, 2.45) is 5.92 Å². The van der Waals surface area contributed by atoms with Crippen LogP contribution in [0, 0.1) is 5.92 Å². The fourth-order valence-electron chi connectivity index (χ4n) is 3.90. The van der Waals surface area contributed by atoms with E-state index >= 15 is 0 Å². The molecule has 1 heterocycles. The summed E-state index contributed by atoms with van der Waals surface area (Å²) in [6.45, 7) is 2.03. The maximum absolute atomic E-state index is 12.7. The zero-order chi connectivity index (χ0) is 24.8. The second-order valence-corrected chi connectivity index (χ2v) is 8.36. The van der Waals surface area contributed by atoms with E-state index in [9.17, 15) is 19.2 Å². The minimum Gasteiger partial charge on any atom is -0.454 e. The molecule has 0 radical (unpaired) electrons. The average Bonchev–Trinajstić information content (AvgIpc) is 3.29. The number of aryl methyl sites for hydroxylation is 1. The monoisotopic (exact) mass is 470 g/mol. The lowest BCUT2D eigenvalue weighted by molar-refractivity contribution is -0.122. The molecule has 178 valence electrons. The summed E-state index contributed by atoms with van der Waals surface area (Å²) in [4.78, 5) is 51.2.